The van der Waals surface area contributed by atoms with Crippen molar-refractivity contribution in [3.05, 3.63) is 15.6 Å². The fourth-order valence-corrected chi connectivity index (χ4v) is 5.04. The summed E-state index contributed by atoms with van der Waals surface area (Å²) in [5.74, 6) is 1.31. The van der Waals surface area contributed by atoms with Gasteiger partial charge in [-0.05, 0) is 37.9 Å². The Labute approximate surface area is 98.7 Å². The quantitative estimate of drug-likeness (QED) is 0.820. The van der Waals surface area contributed by atoms with E-state index in [1.165, 1.54) is 40.6 Å². The van der Waals surface area contributed by atoms with Crippen molar-refractivity contribution in [1.29, 1.82) is 0 Å². The zero-order chi connectivity index (χ0) is 10.3. The van der Waals surface area contributed by atoms with Crippen LogP contribution in [0.1, 0.15) is 52.6 Å². The van der Waals surface area contributed by atoms with E-state index in [0.29, 0.717) is 5.25 Å². The molecule has 1 aliphatic carbocycles. The molecule has 0 amide bonds. The minimum atomic E-state index is 0.270. The minimum Gasteiger partial charge on any atom is -0.323 e. The van der Waals surface area contributed by atoms with E-state index < -0.39 is 0 Å². The van der Waals surface area contributed by atoms with Gasteiger partial charge in [0.25, 0.3) is 0 Å². The molecule has 1 fully saturated rings. The molecular formula is C11H16N2S2. The summed E-state index contributed by atoms with van der Waals surface area (Å²) in [7, 11) is 0. The van der Waals surface area contributed by atoms with Gasteiger partial charge in [0.1, 0.15) is 5.01 Å². The van der Waals surface area contributed by atoms with E-state index >= 15 is 0 Å². The second-order valence-electron chi connectivity index (χ2n) is 4.36. The van der Waals surface area contributed by atoms with Crippen LogP contribution < -0.4 is 5.73 Å². The Bertz CT molecular complexity index is 355. The van der Waals surface area contributed by atoms with Gasteiger partial charge in [-0.2, -0.15) is 11.8 Å². The van der Waals surface area contributed by atoms with E-state index in [9.17, 15) is 0 Å². The molecule has 2 unspecified atom stereocenters. The Morgan fingerprint density at radius 1 is 1.27 bits per heavy atom. The maximum absolute atomic E-state index is 6.12. The highest BCUT2D eigenvalue weighted by Gasteiger charge is 2.26. The van der Waals surface area contributed by atoms with Crippen LogP contribution in [0.2, 0.25) is 0 Å². The van der Waals surface area contributed by atoms with E-state index in [1.54, 1.807) is 0 Å². The number of hydrogen-bond acceptors (Lipinski definition) is 4. The summed E-state index contributed by atoms with van der Waals surface area (Å²) in [6, 6.07) is 0.270. The van der Waals surface area contributed by atoms with Crippen LogP contribution in [0.25, 0.3) is 0 Å². The Balaban J connectivity index is 1.90. The van der Waals surface area contributed by atoms with Gasteiger partial charge < -0.3 is 5.73 Å². The fraction of sp³-hybridized carbons (Fsp3) is 0.727. The van der Waals surface area contributed by atoms with Crippen molar-refractivity contribution >= 4 is 23.1 Å². The van der Waals surface area contributed by atoms with Gasteiger partial charge in [0.2, 0.25) is 0 Å². The topological polar surface area (TPSA) is 38.9 Å². The Hall–Kier alpha value is -0.0600. The van der Waals surface area contributed by atoms with Crippen molar-refractivity contribution < 1.29 is 0 Å². The molecule has 2 nitrogen and oxygen atoms in total. The maximum Gasteiger partial charge on any atom is 0.106 e. The van der Waals surface area contributed by atoms with Crippen LogP contribution in [0.3, 0.4) is 0 Å². The molecule has 82 valence electrons. The lowest BCUT2D eigenvalue weighted by atomic mass is 9.99. The summed E-state index contributed by atoms with van der Waals surface area (Å²) >= 11 is 3.95. The van der Waals surface area contributed by atoms with Gasteiger partial charge in [0, 0.05) is 10.9 Å². The molecule has 0 aromatic carbocycles. The highest BCUT2D eigenvalue weighted by Crippen LogP contribution is 2.44. The maximum atomic E-state index is 6.12. The van der Waals surface area contributed by atoms with Crippen molar-refractivity contribution in [1.82, 2.24) is 4.98 Å². The van der Waals surface area contributed by atoms with Crippen LogP contribution in [-0.2, 0) is 6.42 Å². The van der Waals surface area contributed by atoms with Gasteiger partial charge >= 0.3 is 0 Å². The van der Waals surface area contributed by atoms with E-state index in [4.69, 9.17) is 10.7 Å². The molecule has 0 bridgehead atoms. The predicted molar refractivity (Wildman–Crippen MR) is 66.4 cm³/mol. The number of aromatic nitrogens is 1. The molecule has 0 saturated carbocycles. The average molecular weight is 240 g/mol. The molecule has 1 aromatic heterocycles. The van der Waals surface area contributed by atoms with Crippen LogP contribution in [0.4, 0.5) is 0 Å². The lowest BCUT2D eigenvalue weighted by Gasteiger charge is -2.15. The smallest absolute Gasteiger partial charge is 0.106 e. The van der Waals surface area contributed by atoms with Gasteiger partial charge in [-0.25, -0.2) is 4.98 Å². The SMILES string of the molecule is NC1CCCc2nc(C3CCCS3)sc21. The number of nitrogens with zero attached hydrogens (tertiary/aromatic N) is 1. The van der Waals surface area contributed by atoms with Crippen molar-refractivity contribution in [2.45, 2.75) is 43.4 Å². The van der Waals surface area contributed by atoms with E-state index in [2.05, 4.69) is 11.8 Å². The van der Waals surface area contributed by atoms with Gasteiger partial charge in [0.15, 0.2) is 0 Å². The van der Waals surface area contributed by atoms with Gasteiger partial charge in [0.05, 0.1) is 10.9 Å². The normalized spacial score (nSPS) is 30.5. The summed E-state index contributed by atoms with van der Waals surface area (Å²) in [5.41, 5.74) is 7.43. The molecule has 1 aromatic rings. The van der Waals surface area contributed by atoms with Crippen LogP contribution in [-0.4, -0.2) is 10.7 Å². The van der Waals surface area contributed by atoms with Crippen molar-refractivity contribution in [3.63, 3.8) is 0 Å². The van der Waals surface area contributed by atoms with Crippen molar-refractivity contribution in [2.75, 3.05) is 5.75 Å². The molecule has 0 radical (unpaired) electrons. The zero-order valence-corrected chi connectivity index (χ0v) is 10.4. The third-order valence-corrected chi connectivity index (χ3v) is 6.09. The molecule has 2 atom stereocenters. The van der Waals surface area contributed by atoms with Crippen molar-refractivity contribution in [2.24, 2.45) is 5.73 Å². The monoisotopic (exact) mass is 240 g/mol. The molecule has 1 saturated heterocycles. The molecule has 2 heterocycles. The number of thiazole rings is 1. The number of thioether (sulfide) groups is 1. The minimum absolute atomic E-state index is 0.270. The fourth-order valence-electron chi connectivity index (χ4n) is 2.38. The summed E-state index contributed by atoms with van der Waals surface area (Å²) in [4.78, 5) is 6.18. The van der Waals surface area contributed by atoms with Crippen LogP contribution in [0.15, 0.2) is 0 Å². The van der Waals surface area contributed by atoms with Gasteiger partial charge in [-0.3, -0.25) is 0 Å². The van der Waals surface area contributed by atoms with Crippen LogP contribution in [0, 0.1) is 0 Å². The summed E-state index contributed by atoms with van der Waals surface area (Å²) < 4.78 is 0. The molecule has 2 N–H and O–H groups in total. The number of fused-ring (bicyclic) bond motifs is 1. The standard InChI is InChI=1S/C11H16N2S2/c12-7-3-1-4-8-10(7)15-11(13-8)9-5-2-6-14-9/h7,9H,1-6,12H2. The number of nitrogens with two attached hydrogens (primary N) is 1. The highest BCUT2D eigenvalue weighted by atomic mass is 32.2. The molecule has 2 aliphatic rings. The second kappa shape index (κ2) is 4.07. The average Bonchev–Trinajstić information content (AvgIpc) is 2.86. The Kier molecular flexibility index (Phi) is 2.75. The lowest BCUT2D eigenvalue weighted by Crippen LogP contribution is -2.15. The number of rotatable bonds is 1. The second-order valence-corrected chi connectivity index (χ2v) is 6.74. The number of hydrogen-bond donors (Lipinski definition) is 1. The molecule has 1 aliphatic heterocycles. The third-order valence-electron chi connectivity index (χ3n) is 3.21. The summed E-state index contributed by atoms with van der Waals surface area (Å²) in [5, 5.41) is 2.02. The zero-order valence-electron chi connectivity index (χ0n) is 8.74. The molecular weight excluding hydrogens is 224 g/mol. The largest absolute Gasteiger partial charge is 0.323 e. The summed E-state index contributed by atoms with van der Waals surface area (Å²) in [6.07, 6.45) is 6.18. The molecule has 0 spiro atoms. The highest BCUT2D eigenvalue weighted by molar-refractivity contribution is 7.99. The van der Waals surface area contributed by atoms with Crippen LogP contribution in [0.5, 0.6) is 0 Å². The van der Waals surface area contributed by atoms with Crippen molar-refractivity contribution in [3.8, 4) is 0 Å². The first-order chi connectivity index (χ1) is 7.34. The van der Waals surface area contributed by atoms with E-state index in [1.807, 2.05) is 11.3 Å². The third kappa shape index (κ3) is 1.83. The number of aryl methyl sites for hydroxylation is 1. The van der Waals surface area contributed by atoms with Crippen LogP contribution >= 0.6 is 23.1 Å². The predicted octanol–water partition coefficient (Wildman–Crippen LogP) is 3.05. The molecule has 4 heteroatoms. The Morgan fingerprint density at radius 3 is 2.93 bits per heavy atom. The summed E-state index contributed by atoms with van der Waals surface area (Å²) in [6.45, 7) is 0. The first kappa shape index (κ1) is 10.1. The van der Waals surface area contributed by atoms with E-state index in [0.717, 1.165) is 12.8 Å². The Morgan fingerprint density at radius 2 is 2.20 bits per heavy atom. The first-order valence-electron chi connectivity index (χ1n) is 5.71. The molecule has 15 heavy (non-hydrogen) atoms. The van der Waals surface area contributed by atoms with E-state index in [-0.39, 0.29) is 6.04 Å². The molecule has 3 rings (SSSR count). The van der Waals surface area contributed by atoms with Gasteiger partial charge in [-0.15, -0.1) is 11.3 Å². The first-order valence-corrected chi connectivity index (χ1v) is 7.58. The lowest BCUT2D eigenvalue weighted by molar-refractivity contribution is 0.573. The van der Waals surface area contributed by atoms with Gasteiger partial charge in [-0.1, -0.05) is 0 Å².